The fourth-order valence-corrected chi connectivity index (χ4v) is 1.71. The molecule has 0 aliphatic rings. The van der Waals surface area contributed by atoms with Crippen LogP contribution in [0.5, 0.6) is 0 Å². The molecule has 16 heavy (non-hydrogen) atoms. The van der Waals surface area contributed by atoms with E-state index in [4.69, 9.17) is 0 Å². The summed E-state index contributed by atoms with van der Waals surface area (Å²) in [7, 11) is 0. The molecule has 1 rings (SSSR count). The number of rotatable bonds is 6. The molecule has 1 aromatic heterocycles. The average Bonchev–Trinajstić information content (AvgIpc) is 2.28. The summed E-state index contributed by atoms with van der Waals surface area (Å²) in [6, 6.07) is 3.45. The molecular formula is C12H15NO2S. The largest absolute Gasteiger partial charge is 0.300 e. The van der Waals surface area contributed by atoms with Gasteiger partial charge in [0.2, 0.25) is 0 Å². The highest BCUT2D eigenvalue weighted by molar-refractivity contribution is 7.81. The number of aromatic nitrogens is 1. The van der Waals surface area contributed by atoms with E-state index in [0.717, 1.165) is 0 Å². The molecular weight excluding hydrogens is 222 g/mol. The molecule has 86 valence electrons. The van der Waals surface area contributed by atoms with Gasteiger partial charge in [-0.05, 0) is 31.9 Å². The maximum atomic E-state index is 11.8. The minimum absolute atomic E-state index is 0.0278. The molecule has 0 aliphatic heterocycles. The Morgan fingerprint density at radius 3 is 2.81 bits per heavy atom. The van der Waals surface area contributed by atoms with Crippen molar-refractivity contribution in [2.75, 3.05) is 0 Å². The minimum atomic E-state index is -0.344. The third kappa shape index (κ3) is 4.14. The van der Waals surface area contributed by atoms with Gasteiger partial charge >= 0.3 is 0 Å². The lowest BCUT2D eigenvalue weighted by Gasteiger charge is -2.08. The fraction of sp³-hybridized carbons (Fsp3) is 0.417. The Hall–Kier alpha value is -1.16. The second-order valence-corrected chi connectivity index (χ2v) is 4.34. The molecule has 0 N–H and O–H groups in total. The van der Waals surface area contributed by atoms with Crippen molar-refractivity contribution in [3.8, 4) is 0 Å². The Bertz CT molecular complexity index is 365. The lowest BCUT2D eigenvalue weighted by atomic mass is 10.0. The van der Waals surface area contributed by atoms with Crippen LogP contribution in [0.25, 0.3) is 0 Å². The molecule has 0 bridgehead atoms. The van der Waals surface area contributed by atoms with Gasteiger partial charge in [-0.3, -0.25) is 9.78 Å². The number of hydrogen-bond acceptors (Lipinski definition) is 4. The quantitative estimate of drug-likeness (QED) is 0.610. The molecule has 1 atom stereocenters. The molecule has 0 fully saturated rings. The van der Waals surface area contributed by atoms with E-state index in [1.54, 1.807) is 25.3 Å². The van der Waals surface area contributed by atoms with Crippen molar-refractivity contribution < 1.29 is 9.59 Å². The van der Waals surface area contributed by atoms with Crippen molar-refractivity contribution >= 4 is 24.2 Å². The van der Waals surface area contributed by atoms with E-state index in [1.165, 1.54) is 6.20 Å². The summed E-state index contributed by atoms with van der Waals surface area (Å²) in [5, 5.41) is -0.344. The topological polar surface area (TPSA) is 47.0 Å². The van der Waals surface area contributed by atoms with Crippen molar-refractivity contribution in [2.24, 2.45) is 0 Å². The van der Waals surface area contributed by atoms with Crippen molar-refractivity contribution in [3.63, 3.8) is 0 Å². The zero-order chi connectivity index (χ0) is 12.0. The van der Waals surface area contributed by atoms with Crippen LogP contribution in [0.15, 0.2) is 24.5 Å². The second kappa shape index (κ2) is 6.43. The van der Waals surface area contributed by atoms with E-state index < -0.39 is 0 Å². The van der Waals surface area contributed by atoms with Gasteiger partial charge in [-0.1, -0.05) is 0 Å². The third-order valence-electron chi connectivity index (χ3n) is 2.26. The Kier molecular flexibility index (Phi) is 5.19. The zero-order valence-electron chi connectivity index (χ0n) is 9.22. The highest BCUT2D eigenvalue weighted by atomic mass is 32.1. The predicted octanol–water partition coefficient (Wildman–Crippen LogP) is 2.32. The Labute approximate surface area is 101 Å². The third-order valence-corrected chi connectivity index (χ3v) is 2.75. The van der Waals surface area contributed by atoms with E-state index >= 15 is 0 Å². The van der Waals surface area contributed by atoms with Crippen LogP contribution in [-0.4, -0.2) is 21.8 Å². The fourth-order valence-electron chi connectivity index (χ4n) is 1.38. The average molecular weight is 237 g/mol. The normalized spacial score (nSPS) is 12.1. The molecule has 4 heteroatoms. The van der Waals surface area contributed by atoms with E-state index in [1.807, 2.05) is 0 Å². The Morgan fingerprint density at radius 2 is 2.25 bits per heavy atom. The smallest absolute Gasteiger partial charge is 0.177 e. The molecule has 0 saturated heterocycles. The summed E-state index contributed by atoms with van der Waals surface area (Å²) in [4.78, 5) is 26.5. The highest BCUT2D eigenvalue weighted by Crippen LogP contribution is 2.13. The first-order valence-corrected chi connectivity index (χ1v) is 5.74. The number of thiol groups is 1. The standard InChI is InChI=1S/C12H15NO2S/c1-9(14)4-2-6-11(16)12(15)10-5-3-7-13-8-10/h3,5,7-8,11,16H,2,4,6H2,1H3. The van der Waals surface area contributed by atoms with Gasteiger partial charge in [0, 0.05) is 24.4 Å². The van der Waals surface area contributed by atoms with Gasteiger partial charge in [0.25, 0.3) is 0 Å². The molecule has 3 nitrogen and oxygen atoms in total. The SMILES string of the molecule is CC(=O)CCCC(S)C(=O)c1cccnc1. The molecule has 0 amide bonds. The Balaban J connectivity index is 2.45. The van der Waals surface area contributed by atoms with Crippen LogP contribution in [0.1, 0.15) is 36.5 Å². The minimum Gasteiger partial charge on any atom is -0.300 e. The molecule has 1 aromatic rings. The van der Waals surface area contributed by atoms with Gasteiger partial charge in [-0.25, -0.2) is 0 Å². The highest BCUT2D eigenvalue weighted by Gasteiger charge is 2.15. The monoisotopic (exact) mass is 237 g/mol. The molecule has 0 spiro atoms. The maximum absolute atomic E-state index is 11.8. The second-order valence-electron chi connectivity index (χ2n) is 3.72. The maximum Gasteiger partial charge on any atom is 0.177 e. The zero-order valence-corrected chi connectivity index (χ0v) is 10.1. The molecule has 1 unspecified atom stereocenters. The lowest BCUT2D eigenvalue weighted by molar-refractivity contribution is -0.117. The van der Waals surface area contributed by atoms with Gasteiger partial charge in [-0.2, -0.15) is 12.6 Å². The van der Waals surface area contributed by atoms with E-state index in [9.17, 15) is 9.59 Å². The summed E-state index contributed by atoms with van der Waals surface area (Å²) in [5.41, 5.74) is 0.574. The van der Waals surface area contributed by atoms with Crippen LogP contribution in [0.4, 0.5) is 0 Å². The number of nitrogens with zero attached hydrogens (tertiary/aromatic N) is 1. The first kappa shape index (κ1) is 12.9. The van der Waals surface area contributed by atoms with Crippen molar-refractivity contribution in [1.29, 1.82) is 0 Å². The van der Waals surface area contributed by atoms with Crippen LogP contribution in [0.3, 0.4) is 0 Å². The first-order chi connectivity index (χ1) is 7.61. The number of Topliss-reactive ketones (excluding diaryl/α,β-unsaturated/α-hetero) is 2. The van der Waals surface area contributed by atoms with Crippen molar-refractivity contribution in [2.45, 2.75) is 31.4 Å². The van der Waals surface area contributed by atoms with Gasteiger partial charge in [0.15, 0.2) is 5.78 Å². The van der Waals surface area contributed by atoms with Crippen molar-refractivity contribution in [3.05, 3.63) is 30.1 Å². The van der Waals surface area contributed by atoms with Crippen LogP contribution in [0, 0.1) is 0 Å². The van der Waals surface area contributed by atoms with Gasteiger partial charge in [0.1, 0.15) is 5.78 Å². The van der Waals surface area contributed by atoms with Crippen LogP contribution < -0.4 is 0 Å². The molecule has 0 aliphatic carbocycles. The number of carbonyl (C=O) groups is 2. The molecule has 0 saturated carbocycles. The molecule has 1 heterocycles. The summed E-state index contributed by atoms with van der Waals surface area (Å²) in [6.07, 6.45) is 5.00. The van der Waals surface area contributed by atoms with Crippen molar-refractivity contribution in [1.82, 2.24) is 4.98 Å². The van der Waals surface area contributed by atoms with E-state index in [-0.39, 0.29) is 16.8 Å². The summed E-state index contributed by atoms with van der Waals surface area (Å²) < 4.78 is 0. The van der Waals surface area contributed by atoms with Crippen LogP contribution >= 0.6 is 12.6 Å². The Morgan fingerprint density at radius 1 is 1.50 bits per heavy atom. The van der Waals surface area contributed by atoms with Gasteiger partial charge in [0.05, 0.1) is 5.25 Å². The van der Waals surface area contributed by atoms with E-state index in [0.29, 0.717) is 24.8 Å². The van der Waals surface area contributed by atoms with Gasteiger partial charge in [-0.15, -0.1) is 0 Å². The van der Waals surface area contributed by atoms with Crippen LogP contribution in [0.2, 0.25) is 0 Å². The number of hydrogen-bond donors (Lipinski definition) is 1. The number of pyridine rings is 1. The first-order valence-electron chi connectivity index (χ1n) is 5.23. The van der Waals surface area contributed by atoms with Gasteiger partial charge < -0.3 is 4.79 Å². The summed E-state index contributed by atoms with van der Waals surface area (Å²) in [5.74, 6) is 0.120. The summed E-state index contributed by atoms with van der Waals surface area (Å²) in [6.45, 7) is 1.55. The van der Waals surface area contributed by atoms with E-state index in [2.05, 4.69) is 17.6 Å². The van der Waals surface area contributed by atoms with Crippen LogP contribution in [-0.2, 0) is 4.79 Å². The predicted molar refractivity (Wildman–Crippen MR) is 65.9 cm³/mol. The number of carbonyl (C=O) groups excluding carboxylic acids is 2. The number of ketones is 2. The molecule has 0 radical (unpaired) electrons. The molecule has 0 aromatic carbocycles. The lowest BCUT2D eigenvalue weighted by Crippen LogP contribution is -2.15. The summed E-state index contributed by atoms with van der Waals surface area (Å²) >= 11 is 4.25.